The molecule has 1 aliphatic rings. The van der Waals surface area contributed by atoms with Crippen molar-refractivity contribution in [3.8, 4) is 5.75 Å². The largest absolute Gasteiger partial charge is 0.507 e. The molecule has 0 saturated carbocycles. The van der Waals surface area contributed by atoms with Gasteiger partial charge in [0.1, 0.15) is 18.0 Å². The van der Waals surface area contributed by atoms with Crippen molar-refractivity contribution in [1.29, 1.82) is 0 Å². The molecule has 15 heteroatoms. The highest BCUT2D eigenvalue weighted by Gasteiger charge is 2.54. The van der Waals surface area contributed by atoms with E-state index in [-0.39, 0.29) is 30.2 Å². The summed E-state index contributed by atoms with van der Waals surface area (Å²) < 4.78 is 6.00. The molecule has 1 aromatic heterocycles. The molecule has 53 heavy (non-hydrogen) atoms. The summed E-state index contributed by atoms with van der Waals surface area (Å²) in [7, 11) is 0. The average molecular weight is 730 g/mol. The number of benzene rings is 3. The minimum absolute atomic E-state index is 0.0425. The number of nitrogens with one attached hydrogen (secondary N) is 4. The van der Waals surface area contributed by atoms with Gasteiger partial charge in [0.15, 0.2) is 5.60 Å². The van der Waals surface area contributed by atoms with Crippen LogP contribution in [0.4, 0.5) is 0 Å². The minimum atomic E-state index is -2.07. The lowest BCUT2D eigenvalue weighted by atomic mass is 9.81. The number of amides is 3. The molecular formula is C38H43N5O10. The van der Waals surface area contributed by atoms with Crippen LogP contribution in [0, 0.1) is 13.8 Å². The summed E-state index contributed by atoms with van der Waals surface area (Å²) in [6.07, 6.45) is -2.64. The summed E-state index contributed by atoms with van der Waals surface area (Å²) in [5, 5.41) is 61.5. The molecule has 4 aromatic rings. The second kappa shape index (κ2) is 16.4. The molecule has 280 valence electrons. The SMILES string of the molecule is CC(=O)N[C@H]1[C@H]([C@H](O)[C@H](O)CNC(=O)c2cc(C)c(O)c(C)c2)O[C@@](C/C=C/c2cccc(CNC(=O)c3ccc4nc[nH]c4c3)c2)(C(=O)O)C[C@@H]1O. The van der Waals surface area contributed by atoms with Crippen LogP contribution in [-0.2, 0) is 20.9 Å². The summed E-state index contributed by atoms with van der Waals surface area (Å²) in [6, 6.07) is 14.0. The van der Waals surface area contributed by atoms with Gasteiger partial charge in [-0.25, -0.2) is 9.78 Å². The first-order valence-electron chi connectivity index (χ1n) is 16.9. The zero-order valence-corrected chi connectivity index (χ0v) is 29.4. The number of aryl methyl sites for hydroxylation is 2. The van der Waals surface area contributed by atoms with Gasteiger partial charge in [0.2, 0.25) is 5.91 Å². The Morgan fingerprint density at radius 1 is 1.02 bits per heavy atom. The number of nitrogens with zero attached hydrogens (tertiary/aromatic N) is 1. The van der Waals surface area contributed by atoms with Gasteiger partial charge in [0, 0.05) is 44.0 Å². The van der Waals surface area contributed by atoms with E-state index in [1.807, 2.05) is 12.1 Å². The summed E-state index contributed by atoms with van der Waals surface area (Å²) in [5.74, 6) is -2.86. The quantitative estimate of drug-likeness (QED) is 0.0962. The number of phenolic OH excluding ortho intramolecular Hbond substituents is 1. The first-order chi connectivity index (χ1) is 25.2. The topological polar surface area (TPSA) is 243 Å². The summed E-state index contributed by atoms with van der Waals surface area (Å²) >= 11 is 0. The number of fused-ring (bicyclic) bond motifs is 1. The van der Waals surface area contributed by atoms with Crippen LogP contribution in [0.3, 0.4) is 0 Å². The van der Waals surface area contributed by atoms with Crippen molar-refractivity contribution in [2.75, 3.05) is 6.54 Å². The maximum Gasteiger partial charge on any atom is 0.336 e. The van der Waals surface area contributed by atoms with Crippen LogP contribution in [0.25, 0.3) is 17.1 Å². The number of aliphatic hydroxyl groups excluding tert-OH is 3. The molecule has 6 atom stereocenters. The minimum Gasteiger partial charge on any atom is -0.507 e. The number of imidazole rings is 1. The number of carboxylic acids is 1. The fourth-order valence-corrected chi connectivity index (χ4v) is 6.40. The summed E-state index contributed by atoms with van der Waals surface area (Å²) in [4.78, 5) is 57.5. The zero-order valence-electron chi connectivity index (χ0n) is 29.4. The van der Waals surface area contributed by atoms with Crippen LogP contribution < -0.4 is 16.0 Å². The molecule has 9 N–H and O–H groups in total. The number of aromatic amines is 1. The van der Waals surface area contributed by atoms with Crippen LogP contribution in [0.5, 0.6) is 5.75 Å². The van der Waals surface area contributed by atoms with E-state index in [2.05, 4.69) is 25.9 Å². The molecule has 2 heterocycles. The van der Waals surface area contributed by atoms with E-state index in [1.54, 1.807) is 62.7 Å². The molecule has 1 saturated heterocycles. The predicted molar refractivity (Wildman–Crippen MR) is 193 cm³/mol. The number of aromatic hydroxyl groups is 1. The Hall–Kier alpha value is -5.61. The number of carbonyl (C=O) groups is 4. The molecule has 5 rings (SSSR count). The molecule has 0 aliphatic carbocycles. The maximum atomic E-state index is 12.8. The number of aliphatic hydroxyl groups is 3. The van der Waals surface area contributed by atoms with Crippen molar-refractivity contribution >= 4 is 40.8 Å². The smallest absolute Gasteiger partial charge is 0.336 e. The third-order valence-electron chi connectivity index (χ3n) is 9.23. The Morgan fingerprint density at radius 3 is 2.43 bits per heavy atom. The van der Waals surface area contributed by atoms with Crippen molar-refractivity contribution in [3.63, 3.8) is 0 Å². The van der Waals surface area contributed by atoms with Crippen LogP contribution in [-0.4, -0.2) is 102 Å². The van der Waals surface area contributed by atoms with E-state index in [0.29, 0.717) is 22.3 Å². The number of aliphatic carboxylic acids is 1. The number of phenols is 1. The molecule has 0 unspecified atom stereocenters. The number of carboxylic acid groups (broad SMARTS) is 1. The molecule has 0 spiro atoms. The van der Waals surface area contributed by atoms with E-state index in [9.17, 15) is 44.7 Å². The van der Waals surface area contributed by atoms with Gasteiger partial charge in [-0.3, -0.25) is 14.4 Å². The Bertz CT molecular complexity index is 2010. The van der Waals surface area contributed by atoms with Crippen molar-refractivity contribution in [2.45, 2.75) is 76.2 Å². The number of carbonyl (C=O) groups excluding carboxylic acids is 3. The lowest BCUT2D eigenvalue weighted by molar-refractivity contribution is -0.226. The fourth-order valence-electron chi connectivity index (χ4n) is 6.40. The second-order valence-corrected chi connectivity index (χ2v) is 13.3. The van der Waals surface area contributed by atoms with Gasteiger partial charge in [0.05, 0.1) is 35.6 Å². The van der Waals surface area contributed by atoms with Gasteiger partial charge < -0.3 is 51.2 Å². The third kappa shape index (κ3) is 9.07. The molecule has 3 amide bonds. The molecular weight excluding hydrogens is 686 g/mol. The van der Waals surface area contributed by atoms with Gasteiger partial charge in [-0.05, 0) is 72.5 Å². The number of ether oxygens (including phenoxy) is 1. The molecule has 1 fully saturated rings. The second-order valence-electron chi connectivity index (χ2n) is 13.3. The van der Waals surface area contributed by atoms with Crippen LogP contribution in [0.2, 0.25) is 0 Å². The first kappa shape index (κ1) is 38.6. The van der Waals surface area contributed by atoms with Crippen LogP contribution in [0.15, 0.2) is 67.0 Å². The Morgan fingerprint density at radius 2 is 1.74 bits per heavy atom. The number of hydrogen-bond donors (Lipinski definition) is 9. The van der Waals surface area contributed by atoms with Gasteiger partial charge in [-0.2, -0.15) is 0 Å². The molecule has 15 nitrogen and oxygen atoms in total. The molecule has 0 radical (unpaired) electrons. The van der Waals surface area contributed by atoms with E-state index in [0.717, 1.165) is 16.6 Å². The first-order valence-corrected chi connectivity index (χ1v) is 16.9. The monoisotopic (exact) mass is 729 g/mol. The maximum absolute atomic E-state index is 12.8. The van der Waals surface area contributed by atoms with E-state index in [1.165, 1.54) is 19.1 Å². The molecule has 0 bridgehead atoms. The fraction of sp³-hybridized carbons (Fsp3) is 0.342. The van der Waals surface area contributed by atoms with E-state index in [4.69, 9.17) is 4.74 Å². The summed E-state index contributed by atoms with van der Waals surface area (Å²) in [6.45, 7) is 4.16. The van der Waals surface area contributed by atoms with Crippen molar-refractivity contribution in [1.82, 2.24) is 25.9 Å². The van der Waals surface area contributed by atoms with Crippen LogP contribution in [0.1, 0.15) is 62.7 Å². The standard InChI is InChI=1S/C38H43N5O10/c1-20-12-26(13-21(2)32(20)47)36(50)40-18-30(46)33(48)34-31(43-22(3)44)29(45)16-38(53-34,37(51)52)11-5-8-23-6-4-7-24(14-23)17-39-35(49)25-9-10-27-28(15-25)42-19-41-27/h4-10,12-15,19,29-31,33-34,45-48H,11,16-18H2,1-3H3,(H,39,49)(H,40,50)(H,41,42)(H,43,44)(H,51,52)/b8-5+/t29-,30+,31+,33+,34+,38+/m0/s1. The number of hydrogen-bond acceptors (Lipinski definition) is 10. The van der Waals surface area contributed by atoms with Crippen molar-refractivity contribution in [3.05, 3.63) is 100 Å². The highest BCUT2D eigenvalue weighted by molar-refractivity contribution is 5.97. The highest BCUT2D eigenvalue weighted by atomic mass is 16.6. The number of H-pyrrole nitrogens is 1. The molecule has 3 aromatic carbocycles. The van der Waals surface area contributed by atoms with E-state index >= 15 is 0 Å². The normalized spacial score (nSPS) is 21.2. The Labute approximate surface area is 304 Å². The highest BCUT2D eigenvalue weighted by Crippen LogP contribution is 2.35. The van der Waals surface area contributed by atoms with Gasteiger partial charge >= 0.3 is 5.97 Å². The zero-order chi connectivity index (χ0) is 38.4. The Balaban J connectivity index is 1.26. The average Bonchev–Trinajstić information content (AvgIpc) is 3.60. The number of aromatic nitrogens is 2. The van der Waals surface area contributed by atoms with Gasteiger partial charge in [-0.1, -0.05) is 30.4 Å². The van der Waals surface area contributed by atoms with Crippen molar-refractivity contribution < 1.29 is 49.4 Å². The number of rotatable bonds is 13. The predicted octanol–water partition coefficient (Wildman–Crippen LogP) is 1.85. The lowest BCUT2D eigenvalue weighted by Gasteiger charge is -2.47. The van der Waals surface area contributed by atoms with Gasteiger partial charge in [-0.15, -0.1) is 0 Å². The van der Waals surface area contributed by atoms with Gasteiger partial charge in [0.25, 0.3) is 11.8 Å². The third-order valence-corrected chi connectivity index (χ3v) is 9.23. The van der Waals surface area contributed by atoms with E-state index < -0.39 is 66.8 Å². The Kier molecular flexibility index (Phi) is 11.9. The van der Waals surface area contributed by atoms with Crippen LogP contribution >= 0.6 is 0 Å². The van der Waals surface area contributed by atoms with Crippen molar-refractivity contribution in [2.24, 2.45) is 0 Å². The lowest BCUT2D eigenvalue weighted by Crippen LogP contribution is -2.67. The summed E-state index contributed by atoms with van der Waals surface area (Å²) in [5.41, 5.74) is 2.48. The molecule has 1 aliphatic heterocycles.